The molecule has 0 radical (unpaired) electrons. The van der Waals surface area contributed by atoms with Gasteiger partial charge in [-0.25, -0.2) is 22.5 Å². The molecule has 0 spiro atoms. The molecule has 0 aromatic carbocycles. The van der Waals surface area contributed by atoms with Gasteiger partial charge in [-0.1, -0.05) is 101 Å². The number of hydrogen-bond acceptors (Lipinski definition) is 2. The van der Waals surface area contributed by atoms with Crippen LogP contribution in [-0.2, 0) is 43.4 Å². The number of allylic oxidation sites excluding steroid dienone is 14. The first-order chi connectivity index (χ1) is 17.8. The van der Waals surface area contributed by atoms with Gasteiger partial charge in [0.05, 0.1) is 16.1 Å². The van der Waals surface area contributed by atoms with Gasteiger partial charge in [0.1, 0.15) is 0 Å². The molecule has 0 saturated heterocycles. The summed E-state index contributed by atoms with van der Waals surface area (Å²) in [6.45, 7) is 24.0. The summed E-state index contributed by atoms with van der Waals surface area (Å²) in [5.74, 6) is 0. The molecule has 42 heavy (non-hydrogen) atoms. The Balaban J connectivity index is 0. The second-order valence-electron chi connectivity index (χ2n) is 12.6. The molecular formula is C34H50Cl2S2Si2Ti2. The summed E-state index contributed by atoms with van der Waals surface area (Å²) in [5, 5.41) is 4.35. The van der Waals surface area contributed by atoms with Crippen molar-refractivity contribution in [2.24, 2.45) is 0 Å². The van der Waals surface area contributed by atoms with Crippen LogP contribution < -0.4 is 24.8 Å². The van der Waals surface area contributed by atoms with E-state index in [1.807, 2.05) is 0 Å². The van der Waals surface area contributed by atoms with Crippen molar-refractivity contribution in [1.29, 1.82) is 0 Å². The van der Waals surface area contributed by atoms with Gasteiger partial charge in [0.25, 0.3) is 0 Å². The predicted octanol–water partition coefficient (Wildman–Crippen LogP) is 4.50. The predicted molar refractivity (Wildman–Crippen MR) is 182 cm³/mol. The van der Waals surface area contributed by atoms with Gasteiger partial charge >= 0.3 is 43.4 Å². The maximum atomic E-state index is 3.62. The van der Waals surface area contributed by atoms with E-state index >= 15 is 0 Å². The third kappa shape index (κ3) is 9.55. The Morgan fingerprint density at radius 1 is 0.643 bits per heavy atom. The van der Waals surface area contributed by atoms with Crippen molar-refractivity contribution in [2.75, 3.05) is 0 Å². The third-order valence-corrected chi connectivity index (χ3v) is 23.8. The van der Waals surface area contributed by atoms with E-state index in [4.69, 9.17) is 0 Å². The van der Waals surface area contributed by atoms with E-state index in [9.17, 15) is 0 Å². The SMILES string of the molecule is CC1=CC=CCC1(SC(C)C)[Si](C)(C)C1=[C-]CC=C1.CC1=CC=CCC1(SC(C)C)[Si](C)(C)C1=[C-]CC=C1.[Cl-].[Cl-].[Ti+2].[Ti+2]. The normalized spacial score (nSPS) is 24.3. The molecule has 0 aliphatic heterocycles. The fourth-order valence-electron chi connectivity index (χ4n) is 6.46. The fraction of sp³-hybridized carbons (Fsp3) is 0.529. The molecule has 0 bridgehead atoms. The van der Waals surface area contributed by atoms with Gasteiger partial charge in [-0.3, -0.25) is 12.2 Å². The van der Waals surface area contributed by atoms with Crippen LogP contribution in [0.15, 0.2) is 82.3 Å². The quantitative estimate of drug-likeness (QED) is 0.266. The van der Waals surface area contributed by atoms with Crippen LogP contribution in [0.4, 0.5) is 0 Å². The molecule has 8 heteroatoms. The topological polar surface area (TPSA) is 0 Å². The van der Waals surface area contributed by atoms with Gasteiger partial charge in [0.2, 0.25) is 0 Å². The van der Waals surface area contributed by atoms with Gasteiger partial charge in [-0.2, -0.15) is 35.7 Å². The molecular weight excluding hydrogens is 695 g/mol. The number of rotatable bonds is 8. The number of halogens is 2. The minimum atomic E-state index is -1.58. The van der Waals surface area contributed by atoms with E-state index in [1.165, 1.54) is 23.2 Å². The Bertz CT molecular complexity index is 1040. The summed E-state index contributed by atoms with van der Waals surface area (Å²) < 4.78 is 0.597. The molecule has 4 rings (SSSR count). The van der Waals surface area contributed by atoms with Gasteiger partial charge < -0.3 is 24.8 Å². The summed E-state index contributed by atoms with van der Waals surface area (Å²) in [6.07, 6.45) is 34.6. The molecule has 4 aliphatic rings. The molecule has 228 valence electrons. The van der Waals surface area contributed by atoms with Crippen molar-refractivity contribution in [3.63, 3.8) is 0 Å². The van der Waals surface area contributed by atoms with Crippen LogP contribution in [0.2, 0.25) is 26.2 Å². The zero-order valence-corrected chi connectivity index (χ0v) is 35.6. The molecule has 0 saturated carbocycles. The standard InChI is InChI=1S/2C17H25SSi.2ClH.2Ti/c2*1-14(2)18-17(13-9-8-10-15(17)3)19(4,5)16-11-6-7-12-16;;;;/h2*6,8-11,14H,7,13H2,1-5H3;2*1H;;/q2*-1;;;2*+2/p-2. The first-order valence-electron chi connectivity index (χ1n) is 14.4. The van der Waals surface area contributed by atoms with Crippen LogP contribution in [-0.4, -0.2) is 35.4 Å². The Labute approximate surface area is 312 Å². The summed E-state index contributed by atoms with van der Waals surface area (Å²) in [5.41, 5.74) is 3.11. The van der Waals surface area contributed by atoms with Crippen LogP contribution in [0.5, 0.6) is 0 Å². The van der Waals surface area contributed by atoms with Crippen LogP contribution in [0.1, 0.15) is 67.2 Å². The summed E-state index contributed by atoms with van der Waals surface area (Å²) >= 11 is 4.34. The van der Waals surface area contributed by atoms with Crippen molar-refractivity contribution in [2.45, 2.75) is 113 Å². The van der Waals surface area contributed by atoms with Crippen molar-refractivity contribution in [1.82, 2.24) is 0 Å². The fourth-order valence-corrected chi connectivity index (χ4v) is 19.8. The minimum Gasteiger partial charge on any atom is -1.00 e. The molecule has 2 atom stereocenters. The molecule has 0 heterocycles. The Hall–Kier alpha value is 1.06. The van der Waals surface area contributed by atoms with Crippen LogP contribution in [0, 0.1) is 12.2 Å². The molecule has 0 aromatic heterocycles. The van der Waals surface area contributed by atoms with Gasteiger partial charge in [-0.05, 0) is 37.2 Å². The minimum absolute atomic E-state index is 0. The molecule has 0 amide bonds. The molecule has 4 aliphatic carbocycles. The summed E-state index contributed by atoms with van der Waals surface area (Å²) in [6, 6.07) is 0. The van der Waals surface area contributed by atoms with E-state index < -0.39 is 16.1 Å². The summed E-state index contributed by atoms with van der Waals surface area (Å²) in [7, 11) is -3.17. The third-order valence-electron chi connectivity index (χ3n) is 8.68. The largest absolute Gasteiger partial charge is 2.00 e. The van der Waals surface area contributed by atoms with Crippen LogP contribution in [0.3, 0.4) is 0 Å². The van der Waals surface area contributed by atoms with Gasteiger partial charge in [-0.15, -0.1) is 12.8 Å². The van der Waals surface area contributed by atoms with E-state index in [1.54, 1.807) is 11.1 Å². The first kappa shape index (κ1) is 45.2. The van der Waals surface area contributed by atoms with Gasteiger partial charge in [0, 0.05) is 8.74 Å². The van der Waals surface area contributed by atoms with Crippen molar-refractivity contribution in [3.05, 3.63) is 94.5 Å². The number of thioether (sulfide) groups is 2. The number of hydrogen-bond donors (Lipinski definition) is 0. The summed E-state index contributed by atoms with van der Waals surface area (Å²) in [4.78, 5) is 0. The molecule has 0 N–H and O–H groups in total. The smallest absolute Gasteiger partial charge is 1.00 e. The average Bonchev–Trinajstić information content (AvgIpc) is 3.57. The molecule has 0 nitrogen and oxygen atoms in total. The van der Waals surface area contributed by atoms with Crippen LogP contribution >= 0.6 is 23.5 Å². The van der Waals surface area contributed by atoms with Crippen molar-refractivity contribution < 1.29 is 68.2 Å². The van der Waals surface area contributed by atoms with E-state index in [0.717, 1.165) is 12.8 Å². The van der Waals surface area contributed by atoms with E-state index in [-0.39, 0.29) is 68.2 Å². The van der Waals surface area contributed by atoms with Crippen LogP contribution in [0.25, 0.3) is 0 Å². The van der Waals surface area contributed by atoms with Crippen molar-refractivity contribution in [3.8, 4) is 0 Å². The Morgan fingerprint density at radius 3 is 1.21 bits per heavy atom. The second-order valence-corrected chi connectivity index (χ2v) is 26.4. The van der Waals surface area contributed by atoms with E-state index in [2.05, 4.69) is 164 Å². The maximum Gasteiger partial charge on any atom is 2.00 e. The monoisotopic (exact) mass is 744 g/mol. The maximum absolute atomic E-state index is 3.62. The molecule has 2 unspecified atom stereocenters. The van der Waals surface area contributed by atoms with Crippen molar-refractivity contribution >= 4 is 39.7 Å². The Morgan fingerprint density at radius 2 is 0.976 bits per heavy atom. The second kappa shape index (κ2) is 19.0. The average molecular weight is 746 g/mol. The molecule has 0 aromatic rings. The zero-order valence-electron chi connectivity index (χ0n) is 27.3. The van der Waals surface area contributed by atoms with E-state index in [0.29, 0.717) is 19.2 Å². The first-order valence-corrected chi connectivity index (χ1v) is 22.2. The zero-order chi connectivity index (χ0) is 28.2. The van der Waals surface area contributed by atoms with Gasteiger partial charge in [0.15, 0.2) is 0 Å². The Kier molecular flexibility index (Phi) is 20.5. The molecule has 0 fully saturated rings.